The van der Waals surface area contributed by atoms with E-state index in [1.54, 1.807) is 12.1 Å². The first-order valence-electron chi connectivity index (χ1n) is 5.26. The fourth-order valence-electron chi connectivity index (χ4n) is 1.77. The van der Waals surface area contributed by atoms with Crippen molar-refractivity contribution in [2.75, 3.05) is 16.2 Å². The Morgan fingerprint density at radius 3 is 2.33 bits per heavy atom. The van der Waals surface area contributed by atoms with Crippen LogP contribution in [0.4, 0.5) is 5.69 Å². The lowest BCUT2D eigenvalue weighted by atomic mass is 10.3. The molecule has 1 N–H and O–H groups in total. The van der Waals surface area contributed by atoms with Gasteiger partial charge in [-0.25, -0.2) is 16.8 Å². The van der Waals surface area contributed by atoms with Crippen LogP contribution in [0.5, 0.6) is 0 Å². The molecule has 100 valence electrons. The van der Waals surface area contributed by atoms with Gasteiger partial charge >= 0.3 is 0 Å². The topological polar surface area (TPSA) is 80.3 Å². The first-order valence-corrected chi connectivity index (χ1v) is 9.01. The van der Waals surface area contributed by atoms with Crippen molar-refractivity contribution in [3.8, 4) is 0 Å². The highest BCUT2D eigenvalue weighted by Crippen LogP contribution is 2.22. The van der Waals surface area contributed by atoms with Gasteiger partial charge in [-0.2, -0.15) is 0 Å². The highest BCUT2D eigenvalue weighted by Gasteiger charge is 2.37. The van der Waals surface area contributed by atoms with Crippen LogP contribution in [0.15, 0.2) is 24.3 Å². The molecule has 0 unspecified atom stereocenters. The summed E-state index contributed by atoms with van der Waals surface area (Å²) in [4.78, 5) is 0. The molecule has 0 bridgehead atoms. The van der Waals surface area contributed by atoms with Crippen molar-refractivity contribution in [2.24, 2.45) is 0 Å². The highest BCUT2D eigenvalue weighted by molar-refractivity contribution is 7.97. The van der Waals surface area contributed by atoms with Gasteiger partial charge in [0.15, 0.2) is 9.84 Å². The summed E-state index contributed by atoms with van der Waals surface area (Å²) >= 11 is 5.69. The summed E-state index contributed by atoms with van der Waals surface area (Å²) in [5.41, 5.74) is 0.378. The number of hydrogen-bond acceptors (Lipinski definition) is 4. The number of anilines is 1. The van der Waals surface area contributed by atoms with E-state index in [2.05, 4.69) is 4.72 Å². The van der Waals surface area contributed by atoms with Gasteiger partial charge in [-0.15, -0.1) is 0 Å². The fourth-order valence-corrected chi connectivity index (χ4v) is 5.99. The number of hydrogen-bond donors (Lipinski definition) is 1. The van der Waals surface area contributed by atoms with Crippen LogP contribution in [0, 0.1) is 0 Å². The van der Waals surface area contributed by atoms with Gasteiger partial charge in [0.2, 0.25) is 10.0 Å². The Labute approximate surface area is 111 Å². The zero-order valence-corrected chi connectivity index (χ0v) is 11.7. The first-order chi connectivity index (χ1) is 8.28. The molecule has 0 radical (unpaired) electrons. The summed E-state index contributed by atoms with van der Waals surface area (Å²) in [6.45, 7) is 0. The fraction of sp³-hybridized carbons (Fsp3) is 0.400. The number of sulfonamides is 1. The molecule has 0 spiro atoms. The third-order valence-corrected chi connectivity index (χ3v) is 6.76. The van der Waals surface area contributed by atoms with Crippen molar-refractivity contribution < 1.29 is 16.8 Å². The maximum absolute atomic E-state index is 12.0. The molecule has 1 fully saturated rings. The molecule has 1 heterocycles. The van der Waals surface area contributed by atoms with E-state index >= 15 is 0 Å². The molecule has 0 aliphatic carbocycles. The van der Waals surface area contributed by atoms with Gasteiger partial charge in [-0.05, 0) is 30.7 Å². The molecule has 0 amide bonds. The summed E-state index contributed by atoms with van der Waals surface area (Å²) in [6.07, 6.45) is 0.144. The second-order valence-electron chi connectivity index (χ2n) is 4.18. The number of nitrogens with one attached hydrogen (secondary N) is 1. The van der Waals surface area contributed by atoms with Crippen molar-refractivity contribution in [2.45, 2.75) is 11.7 Å². The summed E-state index contributed by atoms with van der Waals surface area (Å²) in [7, 11) is -6.89. The van der Waals surface area contributed by atoms with Crippen LogP contribution in [0.1, 0.15) is 6.42 Å². The van der Waals surface area contributed by atoms with E-state index in [1.165, 1.54) is 12.1 Å². The molecule has 1 aromatic carbocycles. The maximum Gasteiger partial charge on any atom is 0.236 e. The molecule has 0 saturated carbocycles. The minimum atomic E-state index is -3.67. The lowest BCUT2D eigenvalue weighted by molar-refractivity contribution is 0.587. The molecule has 1 aromatic rings. The van der Waals surface area contributed by atoms with E-state index in [-0.39, 0.29) is 17.9 Å². The standard InChI is InChI=1S/C10H12ClNO4S2/c11-8-1-3-9(4-2-8)12-18(15,16)10-5-6-17(13,14)7-10/h1-4,10,12H,5-7H2/t10-/m0/s1. The van der Waals surface area contributed by atoms with Crippen molar-refractivity contribution in [1.29, 1.82) is 0 Å². The molecule has 5 nitrogen and oxygen atoms in total. The second-order valence-corrected chi connectivity index (χ2v) is 8.80. The second kappa shape index (κ2) is 4.71. The zero-order chi connectivity index (χ0) is 13.4. The third-order valence-electron chi connectivity index (χ3n) is 2.73. The maximum atomic E-state index is 12.0. The minimum absolute atomic E-state index is 0.0702. The largest absolute Gasteiger partial charge is 0.283 e. The molecule has 8 heteroatoms. The molecule has 0 aromatic heterocycles. The van der Waals surface area contributed by atoms with Gasteiger partial charge in [-0.1, -0.05) is 11.6 Å². The van der Waals surface area contributed by atoms with E-state index < -0.39 is 25.1 Å². The van der Waals surface area contributed by atoms with Gasteiger partial charge in [-0.3, -0.25) is 4.72 Å². The molecular weight excluding hydrogens is 298 g/mol. The van der Waals surface area contributed by atoms with E-state index in [0.717, 1.165) is 0 Å². The molecule has 1 aliphatic rings. The van der Waals surface area contributed by atoms with Crippen LogP contribution in [-0.4, -0.2) is 33.6 Å². The quantitative estimate of drug-likeness (QED) is 0.911. The van der Waals surface area contributed by atoms with E-state index in [1.807, 2.05) is 0 Å². The lowest BCUT2D eigenvalue weighted by Gasteiger charge is -2.12. The lowest BCUT2D eigenvalue weighted by Crippen LogP contribution is -2.28. The van der Waals surface area contributed by atoms with Crippen molar-refractivity contribution >= 4 is 37.1 Å². The van der Waals surface area contributed by atoms with Gasteiger partial charge in [0.05, 0.1) is 16.8 Å². The third kappa shape index (κ3) is 3.15. The predicted octanol–water partition coefficient (Wildman–Crippen LogP) is 1.27. The Morgan fingerprint density at radius 2 is 1.83 bits per heavy atom. The van der Waals surface area contributed by atoms with Gasteiger partial charge in [0.25, 0.3) is 0 Å². The first kappa shape index (κ1) is 13.6. The Kier molecular flexibility index (Phi) is 3.57. The van der Waals surface area contributed by atoms with Crippen molar-refractivity contribution in [3.05, 3.63) is 29.3 Å². The average Bonchev–Trinajstić information content (AvgIpc) is 2.63. The predicted molar refractivity (Wildman–Crippen MR) is 71.1 cm³/mol. The normalized spacial score (nSPS) is 22.8. The van der Waals surface area contributed by atoms with Crippen molar-refractivity contribution in [3.63, 3.8) is 0 Å². The van der Waals surface area contributed by atoms with Crippen molar-refractivity contribution in [1.82, 2.24) is 0 Å². The van der Waals surface area contributed by atoms with Crippen LogP contribution < -0.4 is 4.72 Å². The number of benzene rings is 1. The van der Waals surface area contributed by atoms with E-state index in [9.17, 15) is 16.8 Å². The Hall–Kier alpha value is -0.790. The van der Waals surface area contributed by atoms with Crippen LogP contribution in [0.25, 0.3) is 0 Å². The number of rotatable bonds is 3. The van der Waals surface area contributed by atoms with Crippen LogP contribution in [-0.2, 0) is 19.9 Å². The Bertz CT molecular complexity index is 637. The molecule has 1 saturated heterocycles. The zero-order valence-electron chi connectivity index (χ0n) is 9.34. The molecule has 2 rings (SSSR count). The average molecular weight is 310 g/mol. The summed E-state index contributed by atoms with van der Waals surface area (Å²) < 4.78 is 48.9. The smallest absolute Gasteiger partial charge is 0.236 e. The van der Waals surface area contributed by atoms with Crippen LogP contribution >= 0.6 is 11.6 Å². The monoisotopic (exact) mass is 309 g/mol. The SMILES string of the molecule is O=S1(=O)CC[C@H](S(=O)(=O)Nc2ccc(Cl)cc2)C1. The Morgan fingerprint density at radius 1 is 1.22 bits per heavy atom. The number of halogens is 1. The molecule has 1 aliphatic heterocycles. The van der Waals surface area contributed by atoms with E-state index in [0.29, 0.717) is 10.7 Å². The van der Waals surface area contributed by atoms with E-state index in [4.69, 9.17) is 11.6 Å². The van der Waals surface area contributed by atoms with Gasteiger partial charge in [0.1, 0.15) is 0 Å². The molecule has 1 atom stereocenters. The summed E-state index contributed by atoms with van der Waals surface area (Å²) in [6, 6.07) is 6.18. The molecular formula is C10H12ClNO4S2. The Balaban J connectivity index is 2.15. The van der Waals surface area contributed by atoms with Gasteiger partial charge < -0.3 is 0 Å². The number of sulfone groups is 1. The summed E-state index contributed by atoms with van der Waals surface area (Å²) in [5, 5.41) is -0.375. The van der Waals surface area contributed by atoms with Gasteiger partial charge in [0, 0.05) is 10.7 Å². The van der Waals surface area contributed by atoms with Crippen LogP contribution in [0.3, 0.4) is 0 Å². The molecule has 18 heavy (non-hydrogen) atoms. The summed E-state index contributed by atoms with van der Waals surface area (Å²) in [5.74, 6) is -0.380. The van der Waals surface area contributed by atoms with Crippen LogP contribution in [0.2, 0.25) is 5.02 Å². The highest BCUT2D eigenvalue weighted by atomic mass is 35.5. The minimum Gasteiger partial charge on any atom is -0.283 e.